The van der Waals surface area contributed by atoms with E-state index in [9.17, 15) is 5.11 Å². The van der Waals surface area contributed by atoms with E-state index in [1.807, 2.05) is 26.0 Å². The third kappa shape index (κ3) is 8.82. The molecule has 4 nitrogen and oxygen atoms in total. The number of anilines is 1. The Labute approximate surface area is 206 Å². The van der Waals surface area contributed by atoms with Gasteiger partial charge in [0.25, 0.3) is 0 Å². The zero-order chi connectivity index (χ0) is 21.6. The monoisotopic (exact) mass is 482 g/mol. The van der Waals surface area contributed by atoms with Crippen molar-refractivity contribution >= 4 is 30.5 Å². The molecule has 1 N–H and O–H groups in total. The molecule has 32 heavy (non-hydrogen) atoms. The summed E-state index contributed by atoms with van der Waals surface area (Å²) < 4.78 is 5.72. The van der Waals surface area contributed by atoms with E-state index in [0.29, 0.717) is 0 Å². The van der Waals surface area contributed by atoms with Gasteiger partial charge in [-0.25, -0.2) is 0 Å². The normalized spacial score (nSPS) is 15.6. The lowest BCUT2D eigenvalue weighted by atomic mass is 9.88. The number of nitrogens with zero attached hydrogens (tertiary/aromatic N) is 2. The molecule has 1 aliphatic rings. The molecule has 180 valence electrons. The van der Waals surface area contributed by atoms with Gasteiger partial charge < -0.3 is 19.6 Å². The fraction of sp³-hybridized carbons (Fsp3) is 0.538. The van der Waals surface area contributed by atoms with Gasteiger partial charge in [0.1, 0.15) is 5.75 Å². The molecule has 1 saturated heterocycles. The van der Waals surface area contributed by atoms with Crippen LogP contribution in [0.2, 0.25) is 0 Å². The van der Waals surface area contributed by atoms with Gasteiger partial charge in [0.05, 0.1) is 11.7 Å². The Morgan fingerprint density at radius 3 is 2.16 bits per heavy atom. The molecule has 0 unspecified atom stereocenters. The number of hydrogen-bond donors (Lipinski definition) is 1. The molecule has 0 saturated carbocycles. The lowest BCUT2D eigenvalue weighted by Crippen LogP contribution is -2.46. The number of aryl methyl sites for hydroxylation is 1. The van der Waals surface area contributed by atoms with Crippen LogP contribution in [0.5, 0.6) is 5.75 Å². The highest BCUT2D eigenvalue weighted by molar-refractivity contribution is 5.85. The Balaban J connectivity index is 0.00000256. The molecule has 0 atom stereocenters. The molecule has 0 amide bonds. The predicted molar refractivity (Wildman–Crippen MR) is 140 cm³/mol. The number of likely N-dealkylation sites (tertiary alicyclic amines) is 1. The number of rotatable bonds is 9. The first-order chi connectivity index (χ1) is 14.3. The molecule has 6 heteroatoms. The number of aliphatic hydroxyl groups is 1. The summed E-state index contributed by atoms with van der Waals surface area (Å²) in [5, 5.41) is 11.1. The van der Waals surface area contributed by atoms with Gasteiger partial charge in [0.15, 0.2) is 0 Å². The van der Waals surface area contributed by atoms with Crippen LogP contribution in [0.25, 0.3) is 0 Å². The number of ether oxygens (including phenoxy) is 1. The predicted octanol–water partition coefficient (Wildman–Crippen LogP) is 5.52. The summed E-state index contributed by atoms with van der Waals surface area (Å²) in [5.41, 5.74) is 3.32. The minimum absolute atomic E-state index is 0. The standard InChI is InChI=1S/C26H38N2O2.2ClH/c1-21(2)30-25-11-9-24(10-12-25)27(4)18-14-26(29)15-19-28(20-16-26)17-13-23-7-5-22(3)6-8-23;;/h5-12,21,29H,13-20H2,1-4H3;2*1H. The zero-order valence-electron chi connectivity index (χ0n) is 19.9. The molecule has 0 aliphatic carbocycles. The molecule has 0 spiro atoms. The zero-order valence-corrected chi connectivity index (χ0v) is 21.6. The van der Waals surface area contributed by atoms with E-state index in [1.54, 1.807) is 0 Å². The van der Waals surface area contributed by atoms with Gasteiger partial charge in [-0.15, -0.1) is 24.8 Å². The Bertz CT molecular complexity index is 773. The third-order valence-electron chi connectivity index (χ3n) is 6.19. The maximum absolute atomic E-state index is 11.1. The minimum Gasteiger partial charge on any atom is -0.491 e. The SMILES string of the molecule is Cc1ccc(CCN2CCC(O)(CCN(C)c3ccc(OC(C)C)cc3)CC2)cc1.Cl.Cl. The average Bonchev–Trinajstić information content (AvgIpc) is 2.73. The van der Waals surface area contributed by atoms with Crippen LogP contribution in [0, 0.1) is 6.92 Å². The summed E-state index contributed by atoms with van der Waals surface area (Å²) in [6, 6.07) is 17.1. The highest BCUT2D eigenvalue weighted by Crippen LogP contribution is 2.27. The fourth-order valence-electron chi connectivity index (χ4n) is 4.04. The lowest BCUT2D eigenvalue weighted by molar-refractivity contribution is -0.0254. The number of piperidine rings is 1. The van der Waals surface area contributed by atoms with Crippen molar-refractivity contribution in [2.75, 3.05) is 38.1 Å². The van der Waals surface area contributed by atoms with Gasteiger partial charge in [-0.05, 0) is 76.3 Å². The summed E-state index contributed by atoms with van der Waals surface area (Å²) in [6.07, 6.45) is 3.79. The summed E-state index contributed by atoms with van der Waals surface area (Å²) in [6.45, 7) is 10.1. The van der Waals surface area contributed by atoms with E-state index in [0.717, 1.165) is 63.3 Å². The van der Waals surface area contributed by atoms with E-state index in [1.165, 1.54) is 11.1 Å². The van der Waals surface area contributed by atoms with Crippen LogP contribution in [-0.2, 0) is 6.42 Å². The summed E-state index contributed by atoms with van der Waals surface area (Å²) in [7, 11) is 2.10. The van der Waals surface area contributed by atoms with Crippen molar-refractivity contribution in [3.63, 3.8) is 0 Å². The molecule has 2 aromatic rings. The first kappa shape index (κ1) is 28.6. The summed E-state index contributed by atoms with van der Waals surface area (Å²) >= 11 is 0. The van der Waals surface area contributed by atoms with Crippen molar-refractivity contribution in [1.82, 2.24) is 4.90 Å². The average molecular weight is 484 g/mol. The highest BCUT2D eigenvalue weighted by Gasteiger charge is 2.32. The van der Waals surface area contributed by atoms with Crippen LogP contribution in [0.1, 0.15) is 44.2 Å². The Morgan fingerprint density at radius 2 is 1.59 bits per heavy atom. The van der Waals surface area contributed by atoms with Crippen LogP contribution in [0.4, 0.5) is 5.69 Å². The van der Waals surface area contributed by atoms with Gasteiger partial charge in [0, 0.05) is 38.9 Å². The van der Waals surface area contributed by atoms with Gasteiger partial charge in [-0.2, -0.15) is 0 Å². The molecule has 0 bridgehead atoms. The van der Waals surface area contributed by atoms with Crippen molar-refractivity contribution in [3.8, 4) is 5.75 Å². The van der Waals surface area contributed by atoms with E-state index >= 15 is 0 Å². The van der Waals surface area contributed by atoms with Gasteiger partial charge >= 0.3 is 0 Å². The van der Waals surface area contributed by atoms with Gasteiger partial charge in [0.2, 0.25) is 0 Å². The van der Waals surface area contributed by atoms with Crippen LogP contribution < -0.4 is 9.64 Å². The van der Waals surface area contributed by atoms with E-state index in [2.05, 4.69) is 60.2 Å². The molecule has 1 aliphatic heterocycles. The molecule has 0 aromatic heterocycles. The Morgan fingerprint density at radius 1 is 1.00 bits per heavy atom. The minimum atomic E-state index is -0.546. The van der Waals surface area contributed by atoms with Crippen molar-refractivity contribution in [1.29, 1.82) is 0 Å². The van der Waals surface area contributed by atoms with Crippen molar-refractivity contribution in [3.05, 3.63) is 59.7 Å². The molecular weight excluding hydrogens is 443 g/mol. The van der Waals surface area contributed by atoms with Crippen LogP contribution in [0.15, 0.2) is 48.5 Å². The van der Waals surface area contributed by atoms with E-state index < -0.39 is 5.60 Å². The second-order valence-corrected chi connectivity index (χ2v) is 9.13. The third-order valence-corrected chi connectivity index (χ3v) is 6.19. The quantitative estimate of drug-likeness (QED) is 0.510. The second kappa shape index (κ2) is 13.3. The van der Waals surface area contributed by atoms with Crippen LogP contribution in [0.3, 0.4) is 0 Å². The Kier molecular flexibility index (Phi) is 11.9. The summed E-state index contributed by atoms with van der Waals surface area (Å²) in [5.74, 6) is 0.902. The maximum atomic E-state index is 11.1. The first-order valence-electron chi connectivity index (χ1n) is 11.3. The van der Waals surface area contributed by atoms with E-state index in [-0.39, 0.29) is 30.9 Å². The number of halogens is 2. The molecule has 1 fully saturated rings. The van der Waals surface area contributed by atoms with Crippen molar-refractivity contribution in [2.45, 2.75) is 58.2 Å². The molecular formula is C26H40Cl2N2O2. The largest absolute Gasteiger partial charge is 0.491 e. The maximum Gasteiger partial charge on any atom is 0.119 e. The molecule has 2 aromatic carbocycles. The van der Waals surface area contributed by atoms with E-state index in [4.69, 9.17) is 4.74 Å². The topological polar surface area (TPSA) is 35.9 Å². The molecule has 0 radical (unpaired) electrons. The Hall–Kier alpha value is -1.46. The number of hydrogen-bond acceptors (Lipinski definition) is 4. The van der Waals surface area contributed by atoms with Crippen LogP contribution in [-0.4, -0.2) is 54.9 Å². The highest BCUT2D eigenvalue weighted by atomic mass is 35.5. The summed E-state index contributed by atoms with van der Waals surface area (Å²) in [4.78, 5) is 4.71. The smallest absolute Gasteiger partial charge is 0.119 e. The molecule has 3 rings (SSSR count). The first-order valence-corrected chi connectivity index (χ1v) is 11.3. The van der Waals surface area contributed by atoms with Crippen molar-refractivity contribution < 1.29 is 9.84 Å². The lowest BCUT2D eigenvalue weighted by Gasteiger charge is -2.39. The van der Waals surface area contributed by atoms with Gasteiger partial charge in [-0.3, -0.25) is 0 Å². The van der Waals surface area contributed by atoms with Crippen LogP contribution >= 0.6 is 24.8 Å². The molecule has 1 heterocycles. The second-order valence-electron chi connectivity index (χ2n) is 9.13. The fourth-order valence-corrected chi connectivity index (χ4v) is 4.04. The van der Waals surface area contributed by atoms with Crippen molar-refractivity contribution in [2.24, 2.45) is 0 Å². The van der Waals surface area contributed by atoms with Gasteiger partial charge in [-0.1, -0.05) is 29.8 Å². The number of benzene rings is 2.